The molecular weight excluding hydrogens is 234 g/mol. The van der Waals surface area contributed by atoms with Crippen LogP contribution in [0.1, 0.15) is 5.56 Å². The van der Waals surface area contributed by atoms with E-state index in [1.54, 1.807) is 11.8 Å². The molecule has 0 saturated carbocycles. The number of benzene rings is 1. The first-order valence-corrected chi connectivity index (χ1v) is 6.61. The van der Waals surface area contributed by atoms with Crippen LogP contribution < -0.4 is 0 Å². The smallest absolute Gasteiger partial charge is 0.331 e. The zero-order valence-corrected chi connectivity index (χ0v) is 10.5. The molecule has 0 amide bonds. The summed E-state index contributed by atoms with van der Waals surface area (Å²) >= 11 is 1.76. The van der Waals surface area contributed by atoms with E-state index in [1.807, 2.05) is 24.4 Å². The van der Waals surface area contributed by atoms with Gasteiger partial charge in [-0.3, -0.25) is 4.99 Å². The summed E-state index contributed by atoms with van der Waals surface area (Å²) in [5.74, 6) is 0.465. The monoisotopic (exact) mass is 249 g/mol. The molecule has 0 radical (unpaired) electrons. The largest absolute Gasteiger partial charge is 0.467 e. The number of aliphatic imine (C=N–C) groups is 1. The zero-order chi connectivity index (χ0) is 12.1. The lowest BCUT2D eigenvalue weighted by molar-refractivity contribution is -0.141. The van der Waals surface area contributed by atoms with Crippen molar-refractivity contribution in [2.75, 3.05) is 12.9 Å². The third-order valence-corrected chi connectivity index (χ3v) is 3.88. The first-order valence-electron chi connectivity index (χ1n) is 5.56. The molecule has 90 valence electrons. The maximum Gasteiger partial charge on any atom is 0.331 e. The predicted molar refractivity (Wildman–Crippen MR) is 70.7 cm³/mol. The summed E-state index contributed by atoms with van der Waals surface area (Å²) in [7, 11) is 1.40. The molecular formula is C13H15NO2S. The van der Waals surface area contributed by atoms with Crippen molar-refractivity contribution < 1.29 is 9.53 Å². The van der Waals surface area contributed by atoms with Gasteiger partial charge >= 0.3 is 5.97 Å². The zero-order valence-electron chi connectivity index (χ0n) is 9.70. The second-order valence-electron chi connectivity index (χ2n) is 3.90. The fraction of sp³-hybridized carbons (Fsp3) is 0.385. The van der Waals surface area contributed by atoms with Gasteiger partial charge in [-0.05, 0) is 12.0 Å². The second kappa shape index (κ2) is 5.87. The Balaban J connectivity index is 1.92. The number of rotatable bonds is 3. The van der Waals surface area contributed by atoms with E-state index in [-0.39, 0.29) is 12.0 Å². The summed E-state index contributed by atoms with van der Waals surface area (Å²) in [5, 5.41) is 0.360. The van der Waals surface area contributed by atoms with Crippen molar-refractivity contribution in [3.63, 3.8) is 0 Å². The molecule has 0 spiro atoms. The Morgan fingerprint density at radius 1 is 1.47 bits per heavy atom. The molecule has 0 aromatic heterocycles. The van der Waals surface area contributed by atoms with Crippen molar-refractivity contribution in [2.24, 2.45) is 4.99 Å². The average Bonchev–Trinajstić information content (AvgIpc) is 2.40. The maximum absolute atomic E-state index is 11.3. The number of hydrogen-bond donors (Lipinski definition) is 0. The van der Waals surface area contributed by atoms with Crippen LogP contribution in [0, 0.1) is 0 Å². The van der Waals surface area contributed by atoms with Gasteiger partial charge in [-0.15, -0.1) is 11.8 Å². The molecule has 0 aliphatic carbocycles. The van der Waals surface area contributed by atoms with Crippen molar-refractivity contribution in [3.8, 4) is 0 Å². The second-order valence-corrected chi connectivity index (χ2v) is 5.17. The third-order valence-electron chi connectivity index (χ3n) is 2.65. The highest BCUT2D eigenvalue weighted by atomic mass is 32.2. The average molecular weight is 249 g/mol. The number of thioether (sulfide) groups is 1. The topological polar surface area (TPSA) is 38.7 Å². The van der Waals surface area contributed by atoms with Gasteiger partial charge in [0.15, 0.2) is 6.04 Å². The van der Waals surface area contributed by atoms with Gasteiger partial charge in [-0.25, -0.2) is 4.79 Å². The van der Waals surface area contributed by atoms with E-state index >= 15 is 0 Å². The van der Waals surface area contributed by atoms with Crippen LogP contribution in [-0.4, -0.2) is 36.3 Å². The highest BCUT2D eigenvalue weighted by molar-refractivity contribution is 8.00. The lowest BCUT2D eigenvalue weighted by Crippen LogP contribution is -2.29. The van der Waals surface area contributed by atoms with Crippen LogP contribution in [0.5, 0.6) is 0 Å². The standard InChI is InChI=1S/C13H15NO2S/c1-16-13(15)12-9-17-11(8-14-12)7-10-5-3-2-4-6-10/h2-6,8,11-12H,7,9H2,1H3/t11?,12-/m0/s1. The Labute approximate surface area is 105 Å². The number of esters is 1. The number of carbonyl (C=O) groups excluding carboxylic acids is 1. The quantitative estimate of drug-likeness (QED) is 0.769. The Bertz CT molecular complexity index is 405. The normalized spacial score (nSPS) is 23.4. The van der Waals surface area contributed by atoms with Crippen molar-refractivity contribution in [3.05, 3.63) is 35.9 Å². The van der Waals surface area contributed by atoms with Gasteiger partial charge in [-0.2, -0.15) is 0 Å². The first-order chi connectivity index (χ1) is 8.29. The van der Waals surface area contributed by atoms with Gasteiger partial charge in [0.25, 0.3) is 0 Å². The Kier molecular flexibility index (Phi) is 4.20. The molecule has 0 fully saturated rings. The summed E-state index contributed by atoms with van der Waals surface area (Å²) in [6.07, 6.45) is 2.84. The molecule has 17 heavy (non-hydrogen) atoms. The molecule has 0 saturated heterocycles. The molecule has 1 unspecified atom stereocenters. The molecule has 2 rings (SSSR count). The van der Waals surface area contributed by atoms with E-state index in [0.29, 0.717) is 11.0 Å². The number of ether oxygens (including phenoxy) is 1. The van der Waals surface area contributed by atoms with E-state index in [0.717, 1.165) is 6.42 Å². The minimum atomic E-state index is -0.322. The molecule has 0 N–H and O–H groups in total. The highest BCUT2D eigenvalue weighted by Crippen LogP contribution is 2.21. The van der Waals surface area contributed by atoms with Gasteiger partial charge < -0.3 is 4.74 Å². The molecule has 1 heterocycles. The Morgan fingerprint density at radius 2 is 2.24 bits per heavy atom. The lowest BCUT2D eigenvalue weighted by Gasteiger charge is -2.20. The van der Waals surface area contributed by atoms with Crippen LogP contribution in [0.25, 0.3) is 0 Å². The van der Waals surface area contributed by atoms with Crippen molar-refractivity contribution in [2.45, 2.75) is 17.7 Å². The molecule has 1 aliphatic heterocycles. The van der Waals surface area contributed by atoms with Crippen LogP contribution in [0.2, 0.25) is 0 Å². The number of methoxy groups -OCH3 is 1. The van der Waals surface area contributed by atoms with Crippen LogP contribution in [0.4, 0.5) is 0 Å². The first kappa shape index (κ1) is 12.2. The summed E-state index contributed by atoms with van der Waals surface area (Å²) in [4.78, 5) is 15.5. The van der Waals surface area contributed by atoms with E-state index < -0.39 is 0 Å². The SMILES string of the molecule is COC(=O)[C@@H]1CSC(Cc2ccccc2)C=N1. The van der Waals surface area contributed by atoms with Gasteiger partial charge in [0.05, 0.1) is 7.11 Å². The lowest BCUT2D eigenvalue weighted by atomic mass is 10.1. The molecule has 1 aromatic rings. The Hall–Kier alpha value is -1.29. The van der Waals surface area contributed by atoms with Crippen molar-refractivity contribution >= 4 is 23.9 Å². The van der Waals surface area contributed by atoms with E-state index in [2.05, 4.69) is 21.9 Å². The molecule has 1 aromatic carbocycles. The summed E-state index contributed by atoms with van der Waals surface area (Å²) in [6.45, 7) is 0. The maximum atomic E-state index is 11.3. The third kappa shape index (κ3) is 3.33. The molecule has 3 nitrogen and oxygen atoms in total. The van der Waals surface area contributed by atoms with Gasteiger partial charge in [0.1, 0.15) is 0 Å². The van der Waals surface area contributed by atoms with E-state index in [1.165, 1.54) is 12.7 Å². The van der Waals surface area contributed by atoms with Crippen molar-refractivity contribution in [1.82, 2.24) is 0 Å². The van der Waals surface area contributed by atoms with Crippen LogP contribution in [0.15, 0.2) is 35.3 Å². The number of nitrogens with zero attached hydrogens (tertiary/aromatic N) is 1. The summed E-state index contributed by atoms with van der Waals surface area (Å²) in [6, 6.07) is 9.99. The van der Waals surface area contributed by atoms with Gasteiger partial charge in [0, 0.05) is 17.2 Å². The van der Waals surface area contributed by atoms with Gasteiger partial charge in [0.2, 0.25) is 0 Å². The van der Waals surface area contributed by atoms with Crippen molar-refractivity contribution in [1.29, 1.82) is 0 Å². The predicted octanol–water partition coefficient (Wildman–Crippen LogP) is 1.96. The van der Waals surface area contributed by atoms with Crippen LogP contribution in [-0.2, 0) is 16.0 Å². The number of carbonyl (C=O) groups is 1. The molecule has 1 aliphatic rings. The fourth-order valence-electron chi connectivity index (χ4n) is 1.72. The van der Waals surface area contributed by atoms with Crippen LogP contribution >= 0.6 is 11.8 Å². The number of hydrogen-bond acceptors (Lipinski definition) is 4. The van der Waals surface area contributed by atoms with Gasteiger partial charge in [-0.1, -0.05) is 30.3 Å². The highest BCUT2D eigenvalue weighted by Gasteiger charge is 2.23. The van der Waals surface area contributed by atoms with Crippen LogP contribution in [0.3, 0.4) is 0 Å². The molecule has 0 bridgehead atoms. The summed E-state index contributed by atoms with van der Waals surface area (Å²) < 4.78 is 4.68. The van der Waals surface area contributed by atoms with E-state index in [4.69, 9.17) is 0 Å². The molecule has 4 heteroatoms. The Morgan fingerprint density at radius 3 is 2.82 bits per heavy atom. The fourth-order valence-corrected chi connectivity index (χ4v) is 2.84. The molecule has 2 atom stereocenters. The minimum Gasteiger partial charge on any atom is -0.467 e. The summed E-state index contributed by atoms with van der Waals surface area (Å²) in [5.41, 5.74) is 1.30. The minimum absolute atomic E-state index is 0.244. The van der Waals surface area contributed by atoms with E-state index in [9.17, 15) is 4.79 Å².